The van der Waals surface area contributed by atoms with Crippen LogP contribution in [0.25, 0.3) is 0 Å². The molecule has 0 spiro atoms. The number of allylic oxidation sites excluding steroid dienone is 4. The van der Waals surface area contributed by atoms with Crippen molar-refractivity contribution in [2.24, 2.45) is 0 Å². The maximum Gasteiger partial charge on any atom is 0.117 e. The van der Waals surface area contributed by atoms with Crippen LogP contribution in [-0.2, 0) is 0 Å². The lowest BCUT2D eigenvalue weighted by Gasteiger charge is -2.10. The summed E-state index contributed by atoms with van der Waals surface area (Å²) < 4.78 is 0. The first kappa shape index (κ1) is 6.28. The van der Waals surface area contributed by atoms with Gasteiger partial charge in [-0.1, -0.05) is 6.08 Å². The Morgan fingerprint density at radius 1 is 1.36 bits per heavy atom. The summed E-state index contributed by atoms with van der Waals surface area (Å²) in [7, 11) is 0. The van der Waals surface area contributed by atoms with Gasteiger partial charge in [-0.05, 0) is 18.2 Å². The number of fused-ring (bicyclic) bond motifs is 1. The molecule has 0 aromatic rings. The molecule has 0 saturated heterocycles. The van der Waals surface area contributed by atoms with Crippen molar-refractivity contribution >= 4 is 0 Å². The van der Waals surface area contributed by atoms with E-state index in [0.717, 1.165) is 12.1 Å². The highest BCUT2D eigenvalue weighted by molar-refractivity contribution is 5.31. The summed E-state index contributed by atoms with van der Waals surface area (Å²) in [5.41, 5.74) is 1.12. The zero-order valence-corrected chi connectivity index (χ0v) is 6.07. The number of hydrogen-bond donors (Lipinski definition) is 1. The van der Waals surface area contributed by atoms with Crippen molar-refractivity contribution in [3.8, 4) is 0 Å². The Morgan fingerprint density at radius 2 is 2.27 bits per heavy atom. The van der Waals surface area contributed by atoms with Gasteiger partial charge in [0.25, 0.3) is 0 Å². The second-order valence-corrected chi connectivity index (χ2v) is 2.56. The maximum atomic E-state index is 9.22. The quantitative estimate of drug-likeness (QED) is 0.567. The third-order valence-electron chi connectivity index (χ3n) is 1.75. The van der Waals surface area contributed by atoms with Crippen molar-refractivity contribution in [3.05, 3.63) is 48.2 Å². The maximum absolute atomic E-state index is 9.22. The fraction of sp³-hybridized carbons (Fsp3) is 0.111. The van der Waals surface area contributed by atoms with Crippen LogP contribution in [0.5, 0.6) is 0 Å². The van der Waals surface area contributed by atoms with Crippen LogP contribution in [0.15, 0.2) is 48.2 Å². The molecule has 1 N–H and O–H groups in total. The monoisotopic (exact) mass is 147 g/mol. The molecule has 11 heavy (non-hydrogen) atoms. The van der Waals surface area contributed by atoms with Crippen LogP contribution in [0.1, 0.15) is 6.42 Å². The van der Waals surface area contributed by atoms with Crippen LogP contribution in [0.2, 0.25) is 0 Å². The van der Waals surface area contributed by atoms with Crippen molar-refractivity contribution in [1.82, 2.24) is 4.90 Å². The lowest BCUT2D eigenvalue weighted by atomic mass is 10.3. The predicted octanol–water partition coefficient (Wildman–Crippen LogP) is 2.06. The first-order chi connectivity index (χ1) is 5.36. The van der Waals surface area contributed by atoms with Crippen LogP contribution in [0.3, 0.4) is 0 Å². The van der Waals surface area contributed by atoms with E-state index in [1.807, 2.05) is 23.4 Å². The molecular weight excluding hydrogens is 138 g/mol. The van der Waals surface area contributed by atoms with Gasteiger partial charge in [0.1, 0.15) is 5.76 Å². The minimum absolute atomic E-state index is 0.322. The van der Waals surface area contributed by atoms with Gasteiger partial charge in [-0.15, -0.1) is 0 Å². The molecule has 0 saturated carbocycles. The van der Waals surface area contributed by atoms with Crippen molar-refractivity contribution in [2.75, 3.05) is 0 Å². The second kappa shape index (κ2) is 2.31. The van der Waals surface area contributed by atoms with Gasteiger partial charge in [0.05, 0.1) is 0 Å². The smallest absolute Gasteiger partial charge is 0.117 e. The van der Waals surface area contributed by atoms with E-state index < -0.39 is 0 Å². The largest absolute Gasteiger partial charge is 0.508 e. The molecule has 56 valence electrons. The Hall–Kier alpha value is -1.44. The van der Waals surface area contributed by atoms with Crippen LogP contribution in [0, 0.1) is 0 Å². The molecule has 0 fully saturated rings. The SMILES string of the molecule is OC1=CC=CN2C=CCC2=C1. The van der Waals surface area contributed by atoms with Gasteiger partial charge < -0.3 is 10.0 Å². The van der Waals surface area contributed by atoms with Crippen molar-refractivity contribution in [1.29, 1.82) is 0 Å². The minimum atomic E-state index is 0.322. The Morgan fingerprint density at radius 3 is 3.18 bits per heavy atom. The number of aliphatic hydroxyl groups excluding tert-OH is 1. The topological polar surface area (TPSA) is 23.5 Å². The van der Waals surface area contributed by atoms with Crippen molar-refractivity contribution in [2.45, 2.75) is 6.42 Å². The summed E-state index contributed by atoms with van der Waals surface area (Å²) in [6.07, 6.45) is 12.2. The normalized spacial score (nSPS) is 20.9. The number of hydrogen-bond acceptors (Lipinski definition) is 2. The number of nitrogens with zero attached hydrogens (tertiary/aromatic N) is 1. The first-order valence-electron chi connectivity index (χ1n) is 3.59. The fourth-order valence-corrected chi connectivity index (χ4v) is 1.22. The van der Waals surface area contributed by atoms with Crippen molar-refractivity contribution in [3.63, 3.8) is 0 Å². The van der Waals surface area contributed by atoms with Crippen molar-refractivity contribution < 1.29 is 5.11 Å². The van der Waals surface area contributed by atoms with E-state index in [1.54, 1.807) is 12.2 Å². The van der Waals surface area contributed by atoms with E-state index in [4.69, 9.17) is 0 Å². The van der Waals surface area contributed by atoms with Gasteiger partial charge in [-0.3, -0.25) is 0 Å². The van der Waals surface area contributed by atoms with Crippen LogP contribution in [-0.4, -0.2) is 10.0 Å². The Kier molecular flexibility index (Phi) is 1.32. The molecule has 0 bridgehead atoms. The lowest BCUT2D eigenvalue weighted by Crippen LogP contribution is -2.02. The molecule has 0 aliphatic carbocycles. The van der Waals surface area contributed by atoms with E-state index >= 15 is 0 Å². The van der Waals surface area contributed by atoms with E-state index in [9.17, 15) is 5.11 Å². The molecule has 0 aromatic heterocycles. The molecule has 2 rings (SSSR count). The fourth-order valence-electron chi connectivity index (χ4n) is 1.22. The average molecular weight is 147 g/mol. The molecule has 0 unspecified atom stereocenters. The molecule has 0 aromatic carbocycles. The Balaban J connectivity index is 2.37. The molecule has 0 radical (unpaired) electrons. The van der Waals surface area contributed by atoms with Crippen LogP contribution < -0.4 is 0 Å². The van der Waals surface area contributed by atoms with E-state index in [2.05, 4.69) is 6.08 Å². The van der Waals surface area contributed by atoms with E-state index in [0.29, 0.717) is 5.76 Å². The zero-order chi connectivity index (χ0) is 7.68. The van der Waals surface area contributed by atoms with Gasteiger partial charge in [-0.25, -0.2) is 0 Å². The number of rotatable bonds is 0. The summed E-state index contributed by atoms with van der Waals surface area (Å²) in [5.74, 6) is 0.322. The van der Waals surface area contributed by atoms with Crippen LogP contribution in [0.4, 0.5) is 0 Å². The number of aliphatic hydroxyl groups is 1. The summed E-state index contributed by atoms with van der Waals surface area (Å²) in [5, 5.41) is 9.22. The summed E-state index contributed by atoms with van der Waals surface area (Å²) in [4.78, 5) is 2.00. The standard InChI is InChI=1S/C9H9NO/c11-9-4-2-6-10-5-1-3-8(10)7-9/h1-2,4-7,11H,3H2. The summed E-state index contributed by atoms with van der Waals surface area (Å²) in [6.45, 7) is 0. The molecule has 0 amide bonds. The molecular formula is C9H9NO. The minimum Gasteiger partial charge on any atom is -0.508 e. The van der Waals surface area contributed by atoms with Gasteiger partial charge in [0, 0.05) is 24.5 Å². The Labute approximate surface area is 65.4 Å². The highest BCUT2D eigenvalue weighted by Crippen LogP contribution is 2.21. The molecule has 2 aliphatic heterocycles. The third kappa shape index (κ3) is 1.07. The zero-order valence-electron chi connectivity index (χ0n) is 6.07. The summed E-state index contributed by atoms with van der Waals surface area (Å²) in [6, 6.07) is 0. The Bertz CT molecular complexity index is 284. The summed E-state index contributed by atoms with van der Waals surface area (Å²) >= 11 is 0. The van der Waals surface area contributed by atoms with E-state index in [1.165, 1.54) is 0 Å². The van der Waals surface area contributed by atoms with Gasteiger partial charge in [-0.2, -0.15) is 0 Å². The van der Waals surface area contributed by atoms with Crippen LogP contribution >= 0.6 is 0 Å². The van der Waals surface area contributed by atoms with Gasteiger partial charge >= 0.3 is 0 Å². The molecule has 0 atom stereocenters. The van der Waals surface area contributed by atoms with E-state index in [-0.39, 0.29) is 0 Å². The molecule has 2 nitrogen and oxygen atoms in total. The van der Waals surface area contributed by atoms with Gasteiger partial charge in [0.2, 0.25) is 0 Å². The molecule has 2 heterocycles. The third-order valence-corrected chi connectivity index (χ3v) is 1.75. The highest BCUT2D eigenvalue weighted by atomic mass is 16.3. The molecule has 2 heteroatoms. The highest BCUT2D eigenvalue weighted by Gasteiger charge is 2.09. The predicted molar refractivity (Wildman–Crippen MR) is 43.5 cm³/mol. The second-order valence-electron chi connectivity index (χ2n) is 2.56. The van der Waals surface area contributed by atoms with Gasteiger partial charge in [0.15, 0.2) is 0 Å². The lowest BCUT2D eigenvalue weighted by molar-refractivity contribution is 0.430. The molecule has 2 aliphatic rings. The first-order valence-corrected chi connectivity index (χ1v) is 3.59. The average Bonchev–Trinajstić information content (AvgIpc) is 2.31.